The Labute approximate surface area is 126 Å². The van der Waals surface area contributed by atoms with Gasteiger partial charge in [0.25, 0.3) is 0 Å². The normalized spacial score (nSPS) is 11.2. The van der Waals surface area contributed by atoms with Gasteiger partial charge in [0.1, 0.15) is 5.82 Å². The quantitative estimate of drug-likeness (QED) is 0.645. The molecule has 2 aromatic carbocycles. The SMILES string of the molecule is CC=C(C#Cc1ccc(C(C)C)cc1)c1ccc(F)cc1. The smallest absolute Gasteiger partial charge is 0.123 e. The van der Waals surface area contributed by atoms with Gasteiger partial charge in [-0.05, 0) is 48.2 Å². The van der Waals surface area contributed by atoms with Gasteiger partial charge in [0.05, 0.1) is 0 Å². The predicted octanol–water partition coefficient (Wildman–Crippen LogP) is 5.40. The lowest BCUT2D eigenvalue weighted by atomic mass is 10.0. The monoisotopic (exact) mass is 278 g/mol. The fourth-order valence-electron chi connectivity index (χ4n) is 2.03. The summed E-state index contributed by atoms with van der Waals surface area (Å²) in [5.41, 5.74) is 4.14. The van der Waals surface area contributed by atoms with Gasteiger partial charge in [-0.15, -0.1) is 0 Å². The lowest BCUT2D eigenvalue weighted by molar-refractivity contribution is 0.627. The molecule has 0 saturated heterocycles. The van der Waals surface area contributed by atoms with Crippen molar-refractivity contribution in [2.75, 3.05) is 0 Å². The maximum Gasteiger partial charge on any atom is 0.123 e. The summed E-state index contributed by atoms with van der Waals surface area (Å²) in [6.07, 6.45) is 1.95. The number of benzene rings is 2. The largest absolute Gasteiger partial charge is 0.207 e. The van der Waals surface area contributed by atoms with E-state index in [0.29, 0.717) is 5.92 Å². The van der Waals surface area contributed by atoms with Crippen LogP contribution in [-0.4, -0.2) is 0 Å². The minimum absolute atomic E-state index is 0.230. The van der Waals surface area contributed by atoms with Crippen LogP contribution in [0.2, 0.25) is 0 Å². The minimum atomic E-state index is -0.230. The molecule has 106 valence electrons. The summed E-state index contributed by atoms with van der Waals surface area (Å²) in [7, 11) is 0. The van der Waals surface area contributed by atoms with Crippen LogP contribution >= 0.6 is 0 Å². The Morgan fingerprint density at radius 3 is 2.14 bits per heavy atom. The third-order valence-electron chi connectivity index (χ3n) is 3.36. The van der Waals surface area contributed by atoms with E-state index in [1.54, 1.807) is 12.1 Å². The molecule has 2 rings (SSSR count). The number of halogens is 1. The summed E-state index contributed by atoms with van der Waals surface area (Å²) in [5.74, 6) is 6.62. The summed E-state index contributed by atoms with van der Waals surface area (Å²) in [6.45, 7) is 6.29. The third-order valence-corrected chi connectivity index (χ3v) is 3.36. The first-order valence-corrected chi connectivity index (χ1v) is 7.14. The van der Waals surface area contributed by atoms with Crippen LogP contribution < -0.4 is 0 Å². The third kappa shape index (κ3) is 4.07. The fraction of sp³-hybridized carbons (Fsp3) is 0.200. The number of rotatable bonds is 2. The zero-order chi connectivity index (χ0) is 15.2. The van der Waals surface area contributed by atoms with Crippen LogP contribution in [0.5, 0.6) is 0 Å². The van der Waals surface area contributed by atoms with Crippen molar-refractivity contribution in [1.82, 2.24) is 0 Å². The maximum atomic E-state index is 13.0. The maximum absolute atomic E-state index is 13.0. The van der Waals surface area contributed by atoms with Crippen molar-refractivity contribution in [3.8, 4) is 11.8 Å². The summed E-state index contributed by atoms with van der Waals surface area (Å²) < 4.78 is 13.0. The van der Waals surface area contributed by atoms with Crippen molar-refractivity contribution in [2.24, 2.45) is 0 Å². The van der Waals surface area contributed by atoms with E-state index in [-0.39, 0.29) is 5.82 Å². The summed E-state index contributed by atoms with van der Waals surface area (Å²) in [4.78, 5) is 0. The van der Waals surface area contributed by atoms with Gasteiger partial charge >= 0.3 is 0 Å². The molecule has 0 aliphatic carbocycles. The molecule has 0 nitrogen and oxygen atoms in total. The first-order valence-electron chi connectivity index (χ1n) is 7.14. The number of hydrogen-bond acceptors (Lipinski definition) is 0. The highest BCUT2D eigenvalue weighted by molar-refractivity contribution is 5.79. The van der Waals surface area contributed by atoms with E-state index in [1.807, 2.05) is 25.1 Å². The first-order chi connectivity index (χ1) is 10.1. The molecule has 0 fully saturated rings. The molecule has 0 amide bonds. The molecule has 0 aliphatic heterocycles. The number of allylic oxidation sites excluding steroid dienone is 2. The molecular weight excluding hydrogens is 259 g/mol. The molecule has 0 unspecified atom stereocenters. The lowest BCUT2D eigenvalue weighted by Crippen LogP contribution is -1.86. The van der Waals surface area contributed by atoms with Crippen LogP contribution in [-0.2, 0) is 0 Å². The molecule has 0 N–H and O–H groups in total. The van der Waals surface area contributed by atoms with Crippen molar-refractivity contribution in [3.63, 3.8) is 0 Å². The van der Waals surface area contributed by atoms with E-state index in [2.05, 4.69) is 37.8 Å². The van der Waals surface area contributed by atoms with Crippen LogP contribution in [0, 0.1) is 17.7 Å². The zero-order valence-corrected chi connectivity index (χ0v) is 12.7. The highest BCUT2D eigenvalue weighted by atomic mass is 19.1. The average Bonchev–Trinajstić information content (AvgIpc) is 2.50. The van der Waals surface area contributed by atoms with Gasteiger partial charge in [-0.25, -0.2) is 4.39 Å². The van der Waals surface area contributed by atoms with Crippen molar-refractivity contribution < 1.29 is 4.39 Å². The average molecular weight is 278 g/mol. The highest BCUT2D eigenvalue weighted by Crippen LogP contribution is 2.16. The fourth-order valence-corrected chi connectivity index (χ4v) is 2.03. The van der Waals surface area contributed by atoms with Crippen molar-refractivity contribution in [2.45, 2.75) is 26.7 Å². The minimum Gasteiger partial charge on any atom is -0.207 e. The van der Waals surface area contributed by atoms with E-state index >= 15 is 0 Å². The highest BCUT2D eigenvalue weighted by Gasteiger charge is 1.99. The predicted molar refractivity (Wildman–Crippen MR) is 87.5 cm³/mol. The molecule has 21 heavy (non-hydrogen) atoms. The molecule has 0 aliphatic rings. The van der Waals surface area contributed by atoms with Gasteiger partial charge in [0.2, 0.25) is 0 Å². The zero-order valence-electron chi connectivity index (χ0n) is 12.7. The molecule has 2 aromatic rings. The molecule has 0 radical (unpaired) electrons. The molecule has 0 atom stereocenters. The van der Waals surface area contributed by atoms with Gasteiger partial charge in [0.15, 0.2) is 0 Å². The van der Waals surface area contributed by atoms with Gasteiger partial charge in [-0.1, -0.05) is 56.0 Å². The Morgan fingerprint density at radius 1 is 1.00 bits per heavy atom. The van der Waals surface area contributed by atoms with E-state index in [4.69, 9.17) is 0 Å². The second-order valence-corrected chi connectivity index (χ2v) is 5.24. The van der Waals surface area contributed by atoms with Gasteiger partial charge in [0, 0.05) is 11.1 Å². The molecular formula is C20H19F. The standard InChI is InChI=1S/C20H19F/c1-4-17(19-11-13-20(21)14-12-19)8-5-16-6-9-18(10-7-16)15(2)3/h4,6-7,9-15H,1-3H3. The first kappa shape index (κ1) is 15.1. The van der Waals surface area contributed by atoms with Crippen LogP contribution in [0.15, 0.2) is 54.6 Å². The van der Waals surface area contributed by atoms with E-state index in [0.717, 1.165) is 16.7 Å². The summed E-state index contributed by atoms with van der Waals surface area (Å²) in [5, 5.41) is 0. The molecule has 0 heterocycles. The van der Waals surface area contributed by atoms with Crippen LogP contribution in [0.4, 0.5) is 4.39 Å². The molecule has 0 saturated carbocycles. The van der Waals surface area contributed by atoms with Crippen LogP contribution in [0.25, 0.3) is 5.57 Å². The van der Waals surface area contributed by atoms with Crippen molar-refractivity contribution in [3.05, 3.63) is 77.1 Å². The van der Waals surface area contributed by atoms with Crippen LogP contribution in [0.1, 0.15) is 43.4 Å². The Kier molecular flexibility index (Phi) is 4.95. The van der Waals surface area contributed by atoms with Gasteiger partial charge in [-0.3, -0.25) is 0 Å². The van der Waals surface area contributed by atoms with Crippen molar-refractivity contribution >= 4 is 5.57 Å². The summed E-state index contributed by atoms with van der Waals surface area (Å²) in [6, 6.07) is 14.7. The van der Waals surface area contributed by atoms with Gasteiger partial charge in [-0.2, -0.15) is 0 Å². The Hall–Kier alpha value is -2.33. The Bertz CT molecular complexity index is 677. The Morgan fingerprint density at radius 2 is 1.62 bits per heavy atom. The van der Waals surface area contributed by atoms with E-state index < -0.39 is 0 Å². The second-order valence-electron chi connectivity index (χ2n) is 5.24. The number of hydrogen-bond donors (Lipinski definition) is 0. The summed E-state index contributed by atoms with van der Waals surface area (Å²) >= 11 is 0. The molecule has 0 aromatic heterocycles. The van der Waals surface area contributed by atoms with Crippen LogP contribution in [0.3, 0.4) is 0 Å². The lowest BCUT2D eigenvalue weighted by Gasteiger charge is -2.04. The van der Waals surface area contributed by atoms with Gasteiger partial charge < -0.3 is 0 Å². The molecule has 0 bridgehead atoms. The molecule has 1 heteroatoms. The van der Waals surface area contributed by atoms with E-state index in [9.17, 15) is 4.39 Å². The molecule has 0 spiro atoms. The Balaban J connectivity index is 2.22. The van der Waals surface area contributed by atoms with E-state index in [1.165, 1.54) is 17.7 Å². The topological polar surface area (TPSA) is 0 Å². The van der Waals surface area contributed by atoms with Crippen molar-refractivity contribution in [1.29, 1.82) is 0 Å². The second kappa shape index (κ2) is 6.90.